The van der Waals surface area contributed by atoms with Crippen molar-refractivity contribution in [1.82, 2.24) is 21.3 Å². The molecule has 0 bridgehead atoms. The molecule has 6 nitrogen and oxygen atoms in total. The molecule has 1 saturated heterocycles. The molecule has 0 spiro atoms. The summed E-state index contributed by atoms with van der Waals surface area (Å²) in [5.41, 5.74) is 10.7. The van der Waals surface area contributed by atoms with E-state index in [9.17, 15) is 4.79 Å². The van der Waals surface area contributed by atoms with Gasteiger partial charge in [0.05, 0.1) is 11.9 Å². The van der Waals surface area contributed by atoms with Gasteiger partial charge in [0, 0.05) is 12.2 Å². The number of hydrazone groups is 1. The largest absolute Gasteiger partial charge is 0.271 e. The first-order valence-corrected chi connectivity index (χ1v) is 8.53. The summed E-state index contributed by atoms with van der Waals surface area (Å²) in [6, 6.07) is 19.9. The molecule has 3 N–H and O–H groups in total. The minimum Gasteiger partial charge on any atom is -0.271 e. The molecule has 1 amide bonds. The van der Waals surface area contributed by atoms with Crippen molar-refractivity contribution in [2.24, 2.45) is 5.10 Å². The zero-order valence-corrected chi connectivity index (χ0v) is 14.1. The van der Waals surface area contributed by atoms with E-state index in [0.29, 0.717) is 12.1 Å². The highest BCUT2D eigenvalue weighted by Gasteiger charge is 2.30. The molecule has 26 heavy (non-hydrogen) atoms. The van der Waals surface area contributed by atoms with Crippen LogP contribution in [0.2, 0.25) is 0 Å². The molecule has 2 unspecified atom stereocenters. The molecule has 1 aliphatic heterocycles. The SMILES string of the molecule is O=C(N/N=C/c1ccccn1)C1CC(c2ccc3ccccc3c2)NN1. The van der Waals surface area contributed by atoms with E-state index in [1.807, 2.05) is 30.3 Å². The van der Waals surface area contributed by atoms with Crippen molar-refractivity contribution < 1.29 is 4.79 Å². The van der Waals surface area contributed by atoms with E-state index in [1.165, 1.54) is 17.0 Å². The monoisotopic (exact) mass is 345 g/mol. The Labute approximate surface area is 151 Å². The maximum atomic E-state index is 12.3. The Morgan fingerprint density at radius 2 is 1.92 bits per heavy atom. The van der Waals surface area contributed by atoms with Crippen molar-refractivity contribution in [1.29, 1.82) is 0 Å². The lowest BCUT2D eigenvalue weighted by molar-refractivity contribution is -0.122. The first kappa shape index (κ1) is 16.4. The lowest BCUT2D eigenvalue weighted by Gasteiger charge is -2.10. The average molecular weight is 345 g/mol. The zero-order valence-electron chi connectivity index (χ0n) is 14.1. The molecule has 1 aromatic heterocycles. The quantitative estimate of drug-likeness (QED) is 0.501. The highest BCUT2D eigenvalue weighted by molar-refractivity contribution is 5.85. The maximum Gasteiger partial charge on any atom is 0.258 e. The number of nitrogens with one attached hydrogen (secondary N) is 3. The van der Waals surface area contributed by atoms with Gasteiger partial charge in [-0.15, -0.1) is 0 Å². The van der Waals surface area contributed by atoms with Gasteiger partial charge < -0.3 is 0 Å². The number of pyridine rings is 1. The second-order valence-corrected chi connectivity index (χ2v) is 6.22. The van der Waals surface area contributed by atoms with Crippen molar-refractivity contribution >= 4 is 22.9 Å². The van der Waals surface area contributed by atoms with Gasteiger partial charge >= 0.3 is 0 Å². The number of aromatic nitrogens is 1. The van der Waals surface area contributed by atoms with E-state index < -0.39 is 0 Å². The predicted octanol–water partition coefficient (Wildman–Crippen LogP) is 2.29. The van der Waals surface area contributed by atoms with Crippen LogP contribution in [0, 0.1) is 0 Å². The van der Waals surface area contributed by atoms with E-state index in [-0.39, 0.29) is 18.0 Å². The van der Waals surface area contributed by atoms with Crippen LogP contribution in [0.3, 0.4) is 0 Å². The summed E-state index contributed by atoms with van der Waals surface area (Å²) in [4.78, 5) is 16.4. The van der Waals surface area contributed by atoms with Gasteiger partial charge in [-0.1, -0.05) is 42.5 Å². The standard InChI is InChI=1S/C20H19N5O/c26-20(25-22-13-17-7-3-4-10-21-17)19-12-18(23-24-19)16-9-8-14-5-1-2-6-15(14)11-16/h1-11,13,18-19,23-24H,12H2,(H,25,26)/b22-13+. The molecule has 6 heteroatoms. The fourth-order valence-electron chi connectivity index (χ4n) is 3.06. The number of rotatable bonds is 4. The summed E-state index contributed by atoms with van der Waals surface area (Å²) < 4.78 is 0. The molecule has 2 atom stereocenters. The van der Waals surface area contributed by atoms with Crippen LogP contribution in [0.15, 0.2) is 72.0 Å². The molecule has 0 saturated carbocycles. The van der Waals surface area contributed by atoms with Crippen molar-refractivity contribution in [2.45, 2.75) is 18.5 Å². The molecule has 3 aromatic rings. The summed E-state index contributed by atoms with van der Waals surface area (Å²) in [6.07, 6.45) is 3.87. The Kier molecular flexibility index (Phi) is 4.68. The normalized spacial score (nSPS) is 19.8. The maximum absolute atomic E-state index is 12.3. The van der Waals surface area contributed by atoms with E-state index in [4.69, 9.17) is 0 Å². The van der Waals surface area contributed by atoms with Crippen LogP contribution in [0.4, 0.5) is 0 Å². The van der Waals surface area contributed by atoms with Crippen LogP contribution in [-0.2, 0) is 4.79 Å². The number of nitrogens with zero attached hydrogens (tertiary/aromatic N) is 2. The van der Waals surface area contributed by atoms with Crippen LogP contribution >= 0.6 is 0 Å². The summed E-state index contributed by atoms with van der Waals surface area (Å²) in [7, 11) is 0. The van der Waals surface area contributed by atoms with Crippen molar-refractivity contribution in [3.05, 3.63) is 78.1 Å². The Hall–Kier alpha value is -3.09. The molecule has 2 aromatic carbocycles. The van der Waals surface area contributed by atoms with Crippen LogP contribution < -0.4 is 16.3 Å². The molecule has 2 heterocycles. The number of benzene rings is 2. The van der Waals surface area contributed by atoms with Crippen molar-refractivity contribution in [2.75, 3.05) is 0 Å². The number of amides is 1. The van der Waals surface area contributed by atoms with Gasteiger partial charge in [0.25, 0.3) is 5.91 Å². The second-order valence-electron chi connectivity index (χ2n) is 6.22. The molecule has 1 fully saturated rings. The Balaban J connectivity index is 1.38. The lowest BCUT2D eigenvalue weighted by atomic mass is 9.99. The van der Waals surface area contributed by atoms with Gasteiger partial charge in [-0.25, -0.2) is 16.3 Å². The average Bonchev–Trinajstić information content (AvgIpc) is 3.19. The van der Waals surface area contributed by atoms with Crippen LogP contribution in [0.5, 0.6) is 0 Å². The molecular weight excluding hydrogens is 326 g/mol. The van der Waals surface area contributed by atoms with Gasteiger partial charge in [0.2, 0.25) is 0 Å². The number of fused-ring (bicyclic) bond motifs is 1. The van der Waals surface area contributed by atoms with Crippen LogP contribution in [0.1, 0.15) is 23.7 Å². The summed E-state index contributed by atoms with van der Waals surface area (Å²) in [5.74, 6) is -0.173. The molecular formula is C20H19N5O. The third-order valence-corrected chi connectivity index (χ3v) is 4.45. The summed E-state index contributed by atoms with van der Waals surface area (Å²) in [6.45, 7) is 0. The minimum atomic E-state index is -0.340. The van der Waals surface area contributed by atoms with Crippen molar-refractivity contribution in [3.63, 3.8) is 0 Å². The molecule has 0 aliphatic carbocycles. The van der Waals surface area contributed by atoms with Crippen LogP contribution in [-0.4, -0.2) is 23.1 Å². The van der Waals surface area contributed by atoms with Gasteiger partial charge in [-0.05, 0) is 41.0 Å². The zero-order chi connectivity index (χ0) is 17.8. The molecule has 4 rings (SSSR count). The number of hydrogen-bond acceptors (Lipinski definition) is 5. The van der Waals surface area contributed by atoms with Gasteiger partial charge in [-0.2, -0.15) is 5.10 Å². The molecule has 130 valence electrons. The van der Waals surface area contributed by atoms with Crippen LogP contribution in [0.25, 0.3) is 10.8 Å². The third-order valence-electron chi connectivity index (χ3n) is 4.45. The Bertz CT molecular complexity index is 941. The first-order valence-electron chi connectivity index (χ1n) is 8.53. The number of carbonyl (C=O) groups excluding carboxylic acids is 1. The molecule has 1 aliphatic rings. The highest BCUT2D eigenvalue weighted by atomic mass is 16.2. The smallest absolute Gasteiger partial charge is 0.258 e. The first-order chi connectivity index (χ1) is 12.8. The number of carbonyl (C=O) groups is 1. The number of hydrazine groups is 1. The highest BCUT2D eigenvalue weighted by Crippen LogP contribution is 2.25. The fraction of sp³-hybridized carbons (Fsp3) is 0.150. The second kappa shape index (κ2) is 7.43. The van der Waals surface area contributed by atoms with E-state index in [1.54, 1.807) is 6.20 Å². The lowest BCUT2D eigenvalue weighted by Crippen LogP contribution is -2.41. The Morgan fingerprint density at radius 1 is 1.08 bits per heavy atom. The Morgan fingerprint density at radius 3 is 2.77 bits per heavy atom. The third kappa shape index (κ3) is 3.61. The van der Waals surface area contributed by atoms with Gasteiger partial charge in [-0.3, -0.25) is 9.78 Å². The number of hydrogen-bond donors (Lipinski definition) is 3. The van der Waals surface area contributed by atoms with Crippen molar-refractivity contribution in [3.8, 4) is 0 Å². The minimum absolute atomic E-state index is 0.0788. The van der Waals surface area contributed by atoms with E-state index >= 15 is 0 Å². The predicted molar refractivity (Wildman–Crippen MR) is 101 cm³/mol. The van der Waals surface area contributed by atoms with E-state index in [2.05, 4.69) is 56.7 Å². The molecule has 0 radical (unpaired) electrons. The topological polar surface area (TPSA) is 78.4 Å². The van der Waals surface area contributed by atoms with Gasteiger partial charge in [0.15, 0.2) is 0 Å². The summed E-state index contributed by atoms with van der Waals surface area (Å²) >= 11 is 0. The fourth-order valence-corrected chi connectivity index (χ4v) is 3.06. The summed E-state index contributed by atoms with van der Waals surface area (Å²) in [5, 5.41) is 6.37. The van der Waals surface area contributed by atoms with Gasteiger partial charge in [0.1, 0.15) is 6.04 Å². The van der Waals surface area contributed by atoms with E-state index in [0.717, 1.165) is 5.56 Å².